The molecule has 1 unspecified atom stereocenters. The first-order valence-corrected chi connectivity index (χ1v) is 7.59. The number of carbonyl (C=O) groups excluding carboxylic acids is 1. The maximum atomic E-state index is 11.8. The van der Waals surface area contributed by atoms with Gasteiger partial charge in [-0.1, -0.05) is 47.6 Å². The molecule has 1 aromatic rings. The minimum atomic E-state index is -0.745. The first-order valence-electron chi connectivity index (χ1n) is 7.15. The number of benzene rings is 1. The van der Waals surface area contributed by atoms with Crippen LogP contribution in [0.1, 0.15) is 44.6 Å². The second-order valence-electron chi connectivity index (χ2n) is 5.27. The van der Waals surface area contributed by atoms with E-state index in [9.17, 15) is 4.79 Å². The molecule has 1 aromatic carbocycles. The topological polar surface area (TPSA) is 26.3 Å². The molecule has 114 valence electrons. The van der Waals surface area contributed by atoms with Crippen LogP contribution in [0.2, 0.25) is 0 Å². The smallest absolute Gasteiger partial charge is 0.328 e. The minimum Gasteiger partial charge on any atom is -0.460 e. The quantitative estimate of drug-likeness (QED) is 0.393. The fraction of sp³-hybridized carbons (Fsp3) is 0.389. The molecule has 0 amide bonds. The Labute approximate surface area is 132 Å². The van der Waals surface area contributed by atoms with Gasteiger partial charge in [-0.3, -0.25) is 4.79 Å². The van der Waals surface area contributed by atoms with Gasteiger partial charge in [0.1, 0.15) is 6.61 Å². The van der Waals surface area contributed by atoms with Crippen LogP contribution in [0.15, 0.2) is 53.6 Å². The summed E-state index contributed by atoms with van der Waals surface area (Å²) in [6, 6.07) is 9.23. The molecule has 0 saturated carbocycles. The molecule has 0 aliphatic carbocycles. The molecule has 0 fully saturated rings. The molecule has 3 heteroatoms. The van der Waals surface area contributed by atoms with E-state index in [-0.39, 0.29) is 6.61 Å². The molecule has 0 aromatic heterocycles. The molecule has 0 bridgehead atoms. The van der Waals surface area contributed by atoms with Crippen LogP contribution >= 0.6 is 11.6 Å². The average molecular weight is 307 g/mol. The summed E-state index contributed by atoms with van der Waals surface area (Å²) >= 11 is 6.09. The Hall–Kier alpha value is -1.54. The number of rotatable bonds is 7. The average Bonchev–Trinajstić information content (AvgIpc) is 2.46. The van der Waals surface area contributed by atoms with Crippen LogP contribution < -0.4 is 0 Å². The largest absolute Gasteiger partial charge is 0.460 e. The molecule has 0 saturated heterocycles. The molecule has 21 heavy (non-hydrogen) atoms. The molecular formula is C18H23ClO2. The third-order valence-electron chi connectivity index (χ3n) is 3.05. The van der Waals surface area contributed by atoms with Gasteiger partial charge in [0.15, 0.2) is 5.38 Å². The predicted molar refractivity (Wildman–Crippen MR) is 88.4 cm³/mol. The highest BCUT2D eigenvalue weighted by atomic mass is 35.5. The van der Waals surface area contributed by atoms with Crippen LogP contribution in [0.5, 0.6) is 0 Å². The van der Waals surface area contributed by atoms with Crippen molar-refractivity contribution in [3.05, 3.63) is 59.2 Å². The van der Waals surface area contributed by atoms with Gasteiger partial charge < -0.3 is 4.74 Å². The Morgan fingerprint density at radius 2 is 1.86 bits per heavy atom. The number of alkyl halides is 1. The van der Waals surface area contributed by atoms with Crippen molar-refractivity contribution in [2.45, 2.75) is 39.0 Å². The molecule has 2 nitrogen and oxygen atoms in total. The SMILES string of the molecule is CC(C)=CCCC(C)=CCOC(=O)C(Cl)c1ccccc1. The number of ether oxygens (including phenoxy) is 1. The first kappa shape index (κ1) is 17.5. The molecule has 0 spiro atoms. The normalized spacial score (nSPS) is 12.7. The van der Waals surface area contributed by atoms with Crippen LogP contribution in [-0.2, 0) is 9.53 Å². The lowest BCUT2D eigenvalue weighted by Crippen LogP contribution is -2.11. The van der Waals surface area contributed by atoms with Gasteiger partial charge >= 0.3 is 5.97 Å². The predicted octanol–water partition coefficient (Wildman–Crippen LogP) is 5.20. The Kier molecular flexibility index (Phi) is 7.84. The molecule has 1 atom stereocenters. The fourth-order valence-corrected chi connectivity index (χ4v) is 2.00. The van der Waals surface area contributed by atoms with Crippen molar-refractivity contribution in [2.24, 2.45) is 0 Å². The summed E-state index contributed by atoms with van der Waals surface area (Å²) in [5, 5.41) is -0.745. The van der Waals surface area contributed by atoms with Crippen molar-refractivity contribution < 1.29 is 9.53 Å². The Balaban J connectivity index is 2.37. The lowest BCUT2D eigenvalue weighted by molar-refractivity contribution is -0.142. The summed E-state index contributed by atoms with van der Waals surface area (Å²) in [6.45, 7) is 6.49. The van der Waals surface area contributed by atoms with Gasteiger partial charge in [0.2, 0.25) is 0 Å². The van der Waals surface area contributed by atoms with Gasteiger partial charge in [0.05, 0.1) is 0 Å². The summed E-state index contributed by atoms with van der Waals surface area (Å²) in [6.07, 6.45) is 6.13. The summed E-state index contributed by atoms with van der Waals surface area (Å²) in [4.78, 5) is 11.8. The highest BCUT2D eigenvalue weighted by Gasteiger charge is 2.18. The van der Waals surface area contributed by atoms with E-state index in [1.54, 1.807) is 0 Å². The van der Waals surface area contributed by atoms with E-state index in [2.05, 4.69) is 19.9 Å². The lowest BCUT2D eigenvalue weighted by Gasteiger charge is -2.09. The Bertz CT molecular complexity index is 499. The van der Waals surface area contributed by atoms with Gasteiger partial charge in [0.25, 0.3) is 0 Å². The summed E-state index contributed by atoms with van der Waals surface area (Å²) < 4.78 is 5.19. The highest BCUT2D eigenvalue weighted by molar-refractivity contribution is 6.29. The maximum absolute atomic E-state index is 11.8. The van der Waals surface area contributed by atoms with Crippen molar-refractivity contribution >= 4 is 17.6 Å². The van der Waals surface area contributed by atoms with E-state index in [1.165, 1.54) is 11.1 Å². The fourth-order valence-electron chi connectivity index (χ4n) is 1.79. The number of carbonyl (C=O) groups is 1. The van der Waals surface area contributed by atoms with Crippen LogP contribution in [-0.4, -0.2) is 12.6 Å². The van der Waals surface area contributed by atoms with E-state index in [1.807, 2.05) is 43.3 Å². The van der Waals surface area contributed by atoms with Gasteiger partial charge in [0, 0.05) is 0 Å². The zero-order chi connectivity index (χ0) is 15.7. The van der Waals surface area contributed by atoms with Crippen molar-refractivity contribution in [3.63, 3.8) is 0 Å². The van der Waals surface area contributed by atoms with Gasteiger partial charge in [-0.05, 0) is 45.3 Å². The molecule has 0 aliphatic heterocycles. The summed E-state index contributed by atoms with van der Waals surface area (Å²) in [7, 11) is 0. The van der Waals surface area contributed by atoms with Gasteiger partial charge in [-0.25, -0.2) is 0 Å². The number of esters is 1. The molecule has 0 N–H and O–H groups in total. The second kappa shape index (κ2) is 9.41. The lowest BCUT2D eigenvalue weighted by atomic mass is 10.1. The van der Waals surface area contributed by atoms with Crippen molar-refractivity contribution in [1.82, 2.24) is 0 Å². The summed E-state index contributed by atoms with van der Waals surface area (Å²) in [5.74, 6) is -0.406. The van der Waals surface area contributed by atoms with Crippen LogP contribution in [0.4, 0.5) is 0 Å². The number of halogens is 1. The Morgan fingerprint density at radius 3 is 2.48 bits per heavy atom. The van der Waals surface area contributed by atoms with E-state index in [0.717, 1.165) is 18.4 Å². The number of allylic oxidation sites excluding steroid dienone is 3. The second-order valence-corrected chi connectivity index (χ2v) is 5.71. The first-order chi connectivity index (χ1) is 10.0. The highest BCUT2D eigenvalue weighted by Crippen LogP contribution is 2.21. The van der Waals surface area contributed by atoms with Gasteiger partial charge in [-0.2, -0.15) is 0 Å². The third-order valence-corrected chi connectivity index (χ3v) is 3.48. The molecular weight excluding hydrogens is 284 g/mol. The van der Waals surface area contributed by atoms with Crippen LogP contribution in [0.3, 0.4) is 0 Å². The van der Waals surface area contributed by atoms with Gasteiger partial charge in [-0.15, -0.1) is 11.6 Å². The van der Waals surface area contributed by atoms with Crippen molar-refractivity contribution in [2.75, 3.05) is 6.61 Å². The molecule has 0 radical (unpaired) electrons. The van der Waals surface area contributed by atoms with E-state index in [0.29, 0.717) is 0 Å². The minimum absolute atomic E-state index is 0.273. The number of hydrogen-bond acceptors (Lipinski definition) is 2. The molecule has 1 rings (SSSR count). The monoisotopic (exact) mass is 306 g/mol. The van der Waals surface area contributed by atoms with Crippen LogP contribution in [0, 0.1) is 0 Å². The third kappa shape index (κ3) is 7.14. The van der Waals surface area contributed by atoms with E-state index >= 15 is 0 Å². The molecule has 0 heterocycles. The maximum Gasteiger partial charge on any atom is 0.328 e. The Morgan fingerprint density at radius 1 is 1.19 bits per heavy atom. The number of hydrogen-bond donors (Lipinski definition) is 0. The summed E-state index contributed by atoms with van der Waals surface area (Å²) in [5.41, 5.74) is 3.29. The van der Waals surface area contributed by atoms with Crippen LogP contribution in [0.25, 0.3) is 0 Å². The zero-order valence-corrected chi connectivity index (χ0v) is 13.7. The molecule has 0 aliphatic rings. The van der Waals surface area contributed by atoms with E-state index < -0.39 is 11.3 Å². The standard InChI is InChI=1S/C18H23ClO2/c1-14(2)8-7-9-15(3)12-13-21-18(20)17(19)16-10-5-4-6-11-16/h4-6,8,10-12,17H,7,9,13H2,1-3H3. The van der Waals surface area contributed by atoms with Crippen molar-refractivity contribution in [3.8, 4) is 0 Å². The van der Waals surface area contributed by atoms with E-state index in [4.69, 9.17) is 16.3 Å². The van der Waals surface area contributed by atoms with Crippen molar-refractivity contribution in [1.29, 1.82) is 0 Å². The zero-order valence-electron chi connectivity index (χ0n) is 12.9.